The van der Waals surface area contributed by atoms with Crippen molar-refractivity contribution in [2.75, 3.05) is 13.7 Å². The summed E-state index contributed by atoms with van der Waals surface area (Å²) in [5.74, 6) is -5.37. The molecule has 2 unspecified atom stereocenters. The summed E-state index contributed by atoms with van der Waals surface area (Å²) >= 11 is 0. The standard InChI is InChI=1S/C42H58O12/c1-23(24-18-16-15-17-19-24)30(44)25-20-26(28(49-14)21-27(25)43)31-33(53-37(47)41(8,9)10)34(54-38(48)42(11,12)13)32(52-36(46)40(5,6)7)29(51-31)22-50-35(45)39(2,3)4/h15-21,23,29,31-34,43H,22H2,1-14H3/t23?,29-,31?,32-,33+,34+/m1/s1/i2D,5D,8D,11D. The van der Waals surface area contributed by atoms with Crippen molar-refractivity contribution in [1.29, 1.82) is 0 Å². The smallest absolute Gasteiger partial charge is 0.311 e. The molecule has 2 aromatic carbocycles. The van der Waals surface area contributed by atoms with Crippen LogP contribution in [0.1, 0.15) is 129 Å². The van der Waals surface area contributed by atoms with E-state index in [-0.39, 0.29) is 23.8 Å². The lowest BCUT2D eigenvalue weighted by Gasteiger charge is -2.46. The third-order valence-corrected chi connectivity index (χ3v) is 8.57. The average molecular weight is 759 g/mol. The Kier molecular flexibility index (Phi) is 11.6. The van der Waals surface area contributed by atoms with E-state index in [4.69, 9.17) is 33.9 Å². The molecule has 12 heteroatoms. The molecule has 1 aliphatic heterocycles. The third-order valence-electron chi connectivity index (χ3n) is 8.57. The quantitative estimate of drug-likeness (QED) is 0.147. The molecule has 1 saturated heterocycles. The van der Waals surface area contributed by atoms with Crippen LogP contribution in [0.15, 0.2) is 42.5 Å². The highest BCUT2D eigenvalue weighted by molar-refractivity contribution is 6.03. The number of benzene rings is 2. The monoisotopic (exact) mass is 758 g/mol. The Morgan fingerprint density at radius 3 is 1.72 bits per heavy atom. The van der Waals surface area contributed by atoms with Gasteiger partial charge in [0.05, 0.1) is 34.3 Å². The van der Waals surface area contributed by atoms with Crippen LogP contribution in [0.5, 0.6) is 11.5 Å². The third kappa shape index (κ3) is 10.6. The number of rotatable bonds is 10. The number of carbonyl (C=O) groups excluding carboxylic acids is 5. The molecule has 54 heavy (non-hydrogen) atoms. The van der Waals surface area contributed by atoms with Gasteiger partial charge in [0.1, 0.15) is 30.3 Å². The van der Waals surface area contributed by atoms with Gasteiger partial charge in [-0.1, -0.05) is 37.3 Å². The Bertz CT molecular complexity index is 1800. The zero-order chi connectivity index (χ0) is 44.0. The van der Waals surface area contributed by atoms with Crippen molar-refractivity contribution >= 4 is 29.7 Å². The SMILES string of the molecule is [2H]CC(C)(C)C(=O)OC[C@H]1OC(c2cc(C(=O)C(C)c3ccccc3)c(O)cc2OC)[C@H](OC(=O)C(C)(C)C[2H])[C@@H](OC(=O)C(C)(C)C[2H])[C@@H]1OC(=O)C(C)(C)C[2H]. The summed E-state index contributed by atoms with van der Waals surface area (Å²) in [5, 5.41) is 11.2. The summed E-state index contributed by atoms with van der Waals surface area (Å²) in [5.41, 5.74) is -5.05. The Morgan fingerprint density at radius 2 is 1.22 bits per heavy atom. The molecule has 0 aromatic heterocycles. The highest BCUT2D eigenvalue weighted by Crippen LogP contribution is 2.45. The number of phenolic OH excluding ortho intramolecular Hbond substituents is 1. The number of phenols is 1. The van der Waals surface area contributed by atoms with Crippen molar-refractivity contribution in [3.05, 3.63) is 59.2 Å². The van der Waals surface area contributed by atoms with Crippen molar-refractivity contribution in [2.24, 2.45) is 21.7 Å². The highest BCUT2D eigenvalue weighted by Gasteiger charge is 2.55. The zero-order valence-electron chi connectivity index (χ0n) is 37.0. The molecule has 3 rings (SSSR count). The van der Waals surface area contributed by atoms with E-state index in [0.29, 0.717) is 5.56 Å². The van der Waals surface area contributed by atoms with E-state index < -0.39 is 121 Å². The maximum Gasteiger partial charge on any atom is 0.311 e. The van der Waals surface area contributed by atoms with Crippen LogP contribution < -0.4 is 4.74 Å². The first-order valence-corrected chi connectivity index (χ1v) is 17.6. The van der Waals surface area contributed by atoms with Gasteiger partial charge in [0.2, 0.25) is 0 Å². The van der Waals surface area contributed by atoms with Gasteiger partial charge in [0, 0.05) is 23.0 Å². The van der Waals surface area contributed by atoms with Crippen LogP contribution in [0.3, 0.4) is 0 Å². The molecule has 0 amide bonds. The molecular formula is C42H58O12. The van der Waals surface area contributed by atoms with E-state index >= 15 is 0 Å². The van der Waals surface area contributed by atoms with Crippen LogP contribution in [-0.4, -0.2) is 72.9 Å². The van der Waals surface area contributed by atoms with Crippen LogP contribution >= 0.6 is 0 Å². The Hall–Kier alpha value is -4.45. The molecule has 1 aliphatic rings. The van der Waals surface area contributed by atoms with E-state index in [0.717, 1.165) is 0 Å². The molecule has 1 N–H and O–H groups in total. The molecule has 2 aromatic rings. The van der Waals surface area contributed by atoms with Crippen molar-refractivity contribution in [1.82, 2.24) is 0 Å². The number of hydrogen-bond donors (Lipinski definition) is 1. The predicted octanol–water partition coefficient (Wildman–Crippen LogP) is 7.29. The fourth-order valence-electron chi connectivity index (χ4n) is 5.22. The van der Waals surface area contributed by atoms with Gasteiger partial charge in [0.25, 0.3) is 0 Å². The van der Waals surface area contributed by atoms with Crippen LogP contribution in [0.25, 0.3) is 0 Å². The minimum absolute atomic E-state index is 0.0188. The van der Waals surface area contributed by atoms with E-state index in [1.165, 1.54) is 74.6 Å². The second-order valence-corrected chi connectivity index (χ2v) is 16.4. The molecule has 0 saturated carbocycles. The molecule has 1 fully saturated rings. The first-order chi connectivity index (χ1) is 26.9. The normalized spacial score (nSPS) is 22.3. The Morgan fingerprint density at radius 1 is 0.741 bits per heavy atom. The molecule has 12 nitrogen and oxygen atoms in total. The second-order valence-electron chi connectivity index (χ2n) is 16.4. The summed E-state index contributed by atoms with van der Waals surface area (Å²) in [6.45, 7) is 11.1. The first-order valence-electron chi connectivity index (χ1n) is 20.4. The largest absolute Gasteiger partial charge is 0.507 e. The van der Waals surface area contributed by atoms with Gasteiger partial charge in [-0.15, -0.1) is 0 Å². The van der Waals surface area contributed by atoms with Gasteiger partial charge in [-0.3, -0.25) is 24.0 Å². The van der Waals surface area contributed by atoms with Gasteiger partial charge in [0.15, 0.2) is 24.1 Å². The number of hydrogen-bond acceptors (Lipinski definition) is 12. The van der Waals surface area contributed by atoms with Gasteiger partial charge in [-0.2, -0.15) is 0 Å². The van der Waals surface area contributed by atoms with Crippen molar-refractivity contribution < 1.29 is 63.0 Å². The minimum Gasteiger partial charge on any atom is -0.507 e. The maximum atomic E-state index is 14.1. The summed E-state index contributed by atoms with van der Waals surface area (Å²) < 4.78 is 68.1. The number of Topliss-reactive ketones (excluding diaryl/α,β-unsaturated/α-hetero) is 1. The lowest BCUT2D eigenvalue weighted by Crippen LogP contribution is -2.61. The molecule has 0 aliphatic carbocycles. The highest BCUT2D eigenvalue weighted by atomic mass is 16.7. The molecule has 1 heterocycles. The zero-order valence-corrected chi connectivity index (χ0v) is 33.0. The maximum absolute atomic E-state index is 14.1. The van der Waals surface area contributed by atoms with Crippen LogP contribution in [-0.2, 0) is 42.9 Å². The number of aromatic hydroxyl groups is 1. The van der Waals surface area contributed by atoms with Gasteiger partial charge in [-0.05, 0) is 94.6 Å². The lowest BCUT2D eigenvalue weighted by molar-refractivity contribution is -0.262. The molecule has 0 bridgehead atoms. The predicted molar refractivity (Wildman–Crippen MR) is 200 cm³/mol. The van der Waals surface area contributed by atoms with Crippen LogP contribution in [0.4, 0.5) is 0 Å². The van der Waals surface area contributed by atoms with Gasteiger partial charge < -0.3 is 33.5 Å². The van der Waals surface area contributed by atoms with Crippen molar-refractivity contribution in [2.45, 2.75) is 126 Å². The number of esters is 4. The van der Waals surface area contributed by atoms with E-state index in [1.54, 1.807) is 37.3 Å². The van der Waals surface area contributed by atoms with E-state index in [2.05, 4.69) is 0 Å². The van der Waals surface area contributed by atoms with E-state index in [9.17, 15) is 29.1 Å². The fraction of sp³-hybridized carbons (Fsp3) is 0.595. The molecule has 0 radical (unpaired) electrons. The van der Waals surface area contributed by atoms with Crippen LogP contribution in [0.2, 0.25) is 0 Å². The minimum atomic E-state index is -1.76. The molecule has 6 atom stereocenters. The average Bonchev–Trinajstić information content (AvgIpc) is 3.20. The summed E-state index contributed by atoms with van der Waals surface area (Å²) in [7, 11) is 1.28. The summed E-state index contributed by atoms with van der Waals surface area (Å²) in [6, 6.07) is 11.3. The number of methoxy groups -OCH3 is 1. The van der Waals surface area contributed by atoms with Gasteiger partial charge >= 0.3 is 23.9 Å². The second kappa shape index (κ2) is 16.5. The fourth-order valence-corrected chi connectivity index (χ4v) is 5.22. The van der Waals surface area contributed by atoms with Crippen molar-refractivity contribution in [3.63, 3.8) is 0 Å². The van der Waals surface area contributed by atoms with Gasteiger partial charge in [-0.25, -0.2) is 0 Å². The lowest BCUT2D eigenvalue weighted by atomic mass is 9.86. The number of ether oxygens (including phenoxy) is 6. The van der Waals surface area contributed by atoms with Crippen LogP contribution in [0, 0.1) is 21.7 Å². The topological polar surface area (TPSA) is 161 Å². The summed E-state index contributed by atoms with van der Waals surface area (Å²) in [6.07, 6.45) is -8.25. The number of ketones is 1. The number of carbonyl (C=O) groups is 5. The molecular weight excluding hydrogens is 696 g/mol. The first kappa shape index (κ1) is 37.8. The Labute approximate surface area is 324 Å². The molecule has 298 valence electrons. The van der Waals surface area contributed by atoms with E-state index in [1.807, 2.05) is 0 Å². The molecule has 0 spiro atoms. The summed E-state index contributed by atoms with van der Waals surface area (Å²) in [4.78, 5) is 68.9. The van der Waals surface area contributed by atoms with Crippen molar-refractivity contribution in [3.8, 4) is 11.5 Å². The Balaban J connectivity index is 2.41.